The van der Waals surface area contributed by atoms with Gasteiger partial charge < -0.3 is 20.5 Å². The summed E-state index contributed by atoms with van der Waals surface area (Å²) < 4.78 is 11.0. The molecule has 2 aromatic rings. The maximum atomic E-state index is 12.1. The molecule has 0 bridgehead atoms. The second kappa shape index (κ2) is 11.9. The summed E-state index contributed by atoms with van der Waals surface area (Å²) in [6, 6.07) is 5.16. The van der Waals surface area contributed by atoms with Crippen LogP contribution in [0.5, 0.6) is 11.5 Å². The van der Waals surface area contributed by atoms with Crippen molar-refractivity contribution in [2.75, 3.05) is 13.7 Å². The quantitative estimate of drug-likeness (QED) is 0.701. The third-order valence-corrected chi connectivity index (χ3v) is 3.81. The molecule has 0 saturated heterocycles. The molecule has 1 aromatic heterocycles. The molecule has 0 aliphatic carbocycles. The molecule has 1 atom stereocenters. The van der Waals surface area contributed by atoms with Crippen molar-refractivity contribution < 1.29 is 14.3 Å². The number of aromatic nitrogens is 1. The largest absolute Gasteiger partial charge is 0.493 e. The molecule has 25 heavy (non-hydrogen) atoms. The first-order chi connectivity index (χ1) is 11.1. The Labute approximate surface area is 163 Å². The summed E-state index contributed by atoms with van der Waals surface area (Å²) in [6.07, 6.45) is 0.734. The van der Waals surface area contributed by atoms with Gasteiger partial charge in [-0.15, -0.1) is 36.2 Å². The molecule has 6 nitrogen and oxygen atoms in total. The van der Waals surface area contributed by atoms with Gasteiger partial charge in [-0.2, -0.15) is 0 Å². The predicted octanol–water partition coefficient (Wildman–Crippen LogP) is 3.04. The number of nitrogens with one attached hydrogen (secondary N) is 1. The Morgan fingerprint density at radius 3 is 2.72 bits per heavy atom. The first-order valence-electron chi connectivity index (χ1n) is 7.32. The summed E-state index contributed by atoms with van der Waals surface area (Å²) in [7, 11) is 1.54. The van der Waals surface area contributed by atoms with Gasteiger partial charge in [-0.1, -0.05) is 0 Å². The van der Waals surface area contributed by atoms with Crippen LogP contribution in [0.2, 0.25) is 0 Å². The summed E-state index contributed by atoms with van der Waals surface area (Å²) in [5.74, 6) is 0.933. The highest BCUT2D eigenvalue weighted by Gasteiger charge is 2.11. The number of nitrogens with zero attached hydrogens (tertiary/aromatic N) is 1. The van der Waals surface area contributed by atoms with Gasteiger partial charge in [0.25, 0.3) is 5.91 Å². The van der Waals surface area contributed by atoms with Gasteiger partial charge in [0.05, 0.1) is 18.3 Å². The van der Waals surface area contributed by atoms with Crippen LogP contribution < -0.4 is 20.5 Å². The maximum absolute atomic E-state index is 12.1. The van der Waals surface area contributed by atoms with E-state index in [4.69, 9.17) is 15.2 Å². The van der Waals surface area contributed by atoms with Crippen molar-refractivity contribution in [1.82, 2.24) is 10.3 Å². The molecule has 1 unspecified atom stereocenters. The average Bonchev–Trinajstić information content (AvgIpc) is 3.05. The molecular formula is C16H23Cl2N3O3S. The maximum Gasteiger partial charge on any atom is 0.251 e. The third kappa shape index (κ3) is 7.48. The number of nitrogens with two attached hydrogens (primary N) is 1. The number of hydrogen-bond acceptors (Lipinski definition) is 6. The minimum absolute atomic E-state index is 0. The second-order valence-corrected chi connectivity index (χ2v) is 5.87. The summed E-state index contributed by atoms with van der Waals surface area (Å²) >= 11 is 1.52. The van der Waals surface area contributed by atoms with Crippen LogP contribution in [0, 0.1) is 0 Å². The molecule has 3 N–H and O–H groups in total. The lowest BCUT2D eigenvalue weighted by Crippen LogP contribution is -2.28. The molecule has 0 saturated carbocycles. The zero-order valence-electron chi connectivity index (χ0n) is 14.1. The number of halogens is 2. The molecular weight excluding hydrogens is 385 g/mol. The van der Waals surface area contributed by atoms with Crippen LogP contribution in [0.25, 0.3) is 0 Å². The number of amides is 1. The van der Waals surface area contributed by atoms with Crippen LogP contribution in [0.1, 0.15) is 29.4 Å². The van der Waals surface area contributed by atoms with E-state index in [1.54, 1.807) is 30.8 Å². The molecule has 9 heteroatoms. The van der Waals surface area contributed by atoms with Gasteiger partial charge in [0.1, 0.15) is 6.61 Å². The number of carbonyl (C=O) groups is 1. The Bertz CT molecular complexity index is 640. The molecule has 0 aliphatic heterocycles. The molecule has 0 fully saturated rings. The predicted molar refractivity (Wildman–Crippen MR) is 105 cm³/mol. The summed E-state index contributed by atoms with van der Waals surface area (Å²) in [6.45, 7) is 2.81. The lowest BCUT2D eigenvalue weighted by molar-refractivity contribution is 0.0952. The fourth-order valence-electron chi connectivity index (χ4n) is 1.90. The van der Waals surface area contributed by atoms with Crippen LogP contribution in [-0.4, -0.2) is 30.6 Å². The standard InChI is InChI=1S/C16H21N3O3S.2ClH/c1-11(17)5-6-18-16(20)12-3-4-14(15(7-12)21-2)22-8-13-9-23-10-19-13;;/h3-4,7,9-11H,5-6,8,17H2,1-2H3,(H,18,20);2*1H. The van der Waals surface area contributed by atoms with E-state index in [0.717, 1.165) is 12.1 Å². The van der Waals surface area contributed by atoms with E-state index in [2.05, 4.69) is 10.3 Å². The Balaban J connectivity index is 0.00000288. The number of rotatable bonds is 8. The Kier molecular flexibility index (Phi) is 11.2. The van der Waals surface area contributed by atoms with Gasteiger partial charge in [-0.05, 0) is 31.5 Å². The summed E-state index contributed by atoms with van der Waals surface area (Å²) in [5, 5.41) is 4.75. The fourth-order valence-corrected chi connectivity index (χ4v) is 2.45. The average molecular weight is 408 g/mol. The van der Waals surface area contributed by atoms with E-state index in [-0.39, 0.29) is 36.8 Å². The minimum Gasteiger partial charge on any atom is -0.493 e. The van der Waals surface area contributed by atoms with E-state index in [9.17, 15) is 4.79 Å². The van der Waals surface area contributed by atoms with Gasteiger partial charge in [-0.3, -0.25) is 4.79 Å². The topological polar surface area (TPSA) is 86.5 Å². The van der Waals surface area contributed by atoms with E-state index >= 15 is 0 Å². The van der Waals surface area contributed by atoms with E-state index in [1.165, 1.54) is 11.3 Å². The van der Waals surface area contributed by atoms with Crippen molar-refractivity contribution >= 4 is 42.1 Å². The van der Waals surface area contributed by atoms with Crippen LogP contribution in [0.4, 0.5) is 0 Å². The minimum atomic E-state index is -0.157. The van der Waals surface area contributed by atoms with E-state index in [0.29, 0.717) is 30.2 Å². The van der Waals surface area contributed by atoms with Crippen molar-refractivity contribution in [2.24, 2.45) is 5.73 Å². The fraction of sp³-hybridized carbons (Fsp3) is 0.375. The molecule has 1 amide bonds. The SMILES string of the molecule is COc1cc(C(=O)NCCC(C)N)ccc1OCc1cscn1.Cl.Cl. The second-order valence-electron chi connectivity index (χ2n) is 5.16. The number of methoxy groups -OCH3 is 1. The zero-order chi connectivity index (χ0) is 16.7. The molecule has 0 radical (unpaired) electrons. The smallest absolute Gasteiger partial charge is 0.251 e. The molecule has 1 heterocycles. The lowest BCUT2D eigenvalue weighted by atomic mass is 10.1. The first-order valence-corrected chi connectivity index (χ1v) is 8.26. The van der Waals surface area contributed by atoms with E-state index in [1.807, 2.05) is 12.3 Å². The number of benzene rings is 1. The van der Waals surface area contributed by atoms with Crippen molar-refractivity contribution in [1.29, 1.82) is 0 Å². The highest BCUT2D eigenvalue weighted by molar-refractivity contribution is 7.07. The Morgan fingerprint density at radius 2 is 2.12 bits per heavy atom. The number of ether oxygens (including phenoxy) is 2. The number of carbonyl (C=O) groups excluding carboxylic acids is 1. The first kappa shape index (κ1) is 23.5. The van der Waals surface area contributed by atoms with Crippen LogP contribution in [0.15, 0.2) is 29.1 Å². The zero-order valence-corrected chi connectivity index (χ0v) is 16.5. The van der Waals surface area contributed by atoms with Gasteiger partial charge in [0, 0.05) is 23.5 Å². The van der Waals surface area contributed by atoms with Gasteiger partial charge in [0.2, 0.25) is 0 Å². The monoisotopic (exact) mass is 407 g/mol. The van der Waals surface area contributed by atoms with Crippen molar-refractivity contribution in [3.05, 3.63) is 40.3 Å². The molecule has 1 aromatic carbocycles. The van der Waals surface area contributed by atoms with Crippen LogP contribution >= 0.6 is 36.2 Å². The molecule has 2 rings (SSSR count). The highest BCUT2D eigenvalue weighted by Crippen LogP contribution is 2.28. The van der Waals surface area contributed by atoms with Gasteiger partial charge in [-0.25, -0.2) is 4.98 Å². The Hall–Kier alpha value is -1.54. The molecule has 0 spiro atoms. The van der Waals surface area contributed by atoms with E-state index < -0.39 is 0 Å². The van der Waals surface area contributed by atoms with Gasteiger partial charge >= 0.3 is 0 Å². The molecule has 140 valence electrons. The van der Waals surface area contributed by atoms with Crippen LogP contribution in [0.3, 0.4) is 0 Å². The van der Waals surface area contributed by atoms with Crippen molar-refractivity contribution in [3.63, 3.8) is 0 Å². The summed E-state index contributed by atoms with van der Waals surface area (Å²) in [4.78, 5) is 16.3. The highest BCUT2D eigenvalue weighted by atomic mass is 35.5. The lowest BCUT2D eigenvalue weighted by Gasteiger charge is -2.12. The number of thiazole rings is 1. The van der Waals surface area contributed by atoms with Gasteiger partial charge in [0.15, 0.2) is 11.5 Å². The molecule has 0 aliphatic rings. The normalized spacial score (nSPS) is 10.8. The van der Waals surface area contributed by atoms with Crippen LogP contribution in [-0.2, 0) is 6.61 Å². The Morgan fingerprint density at radius 1 is 1.36 bits per heavy atom. The number of hydrogen-bond donors (Lipinski definition) is 2. The third-order valence-electron chi connectivity index (χ3n) is 3.17. The van der Waals surface area contributed by atoms with Crippen molar-refractivity contribution in [2.45, 2.75) is 26.0 Å². The van der Waals surface area contributed by atoms with Crippen molar-refractivity contribution in [3.8, 4) is 11.5 Å². The summed E-state index contributed by atoms with van der Waals surface area (Å²) in [5.41, 5.74) is 8.80.